The fourth-order valence-corrected chi connectivity index (χ4v) is 11.2. The lowest BCUT2D eigenvalue weighted by atomic mass is 10.0. The molecule has 516 valence electrons. The van der Waals surface area contributed by atoms with Crippen LogP contribution in [0.1, 0.15) is 95.1 Å². The number of likely N-dealkylation sites (tertiary alicyclic amines) is 3. The number of guanidine groups is 3. The molecule has 3 heterocycles. The summed E-state index contributed by atoms with van der Waals surface area (Å²) in [7, 11) is 0. The summed E-state index contributed by atoms with van der Waals surface area (Å²) in [5, 5.41) is 49.1. The summed E-state index contributed by atoms with van der Waals surface area (Å²) in [6, 6.07) is 4.03. The summed E-state index contributed by atoms with van der Waals surface area (Å²) < 4.78 is 0. The standard InChI is InChI=1S/C60H92N20O14/c1-34(82)47(77-48(84)37(61)18-8-24-68-58(62)63)53(89)73-38(19-9-25-69-59(64)65)54(90)80-29-13-23-45(80)56(92)79-28-11-21-43(79)51(87)71-32-46(83)72-40(30-35-14-4-2-5-15-35)49(85)76-42(33-81)55(91)78-27-12-22-44(78)52(88)75-41(31-36-16-6-3-7-17-36)50(86)74-39(57(93)94)20-10-26-70-60(66)67/h2-7,14-17,34,37-45,47,81-82H,8-13,18-33,61H2,1H3,(H,71,87)(H,72,83)(H,73,89)(H,74,86)(H,75,88)(H,76,85)(H,77,84)(H,93,94)(H4,62,63,68)(H4,64,65,69)(H4,66,67,70)/t34-,37+,38+,39+,40+,41+,42+,43+,44+,45+,47+/m1/s1. The number of hydrogen-bond acceptors (Lipinski definition) is 17. The molecule has 0 radical (unpaired) electrons. The summed E-state index contributed by atoms with van der Waals surface area (Å²) in [4.78, 5) is 168. The summed E-state index contributed by atoms with van der Waals surface area (Å²) in [6.45, 7) is 0.214. The maximum Gasteiger partial charge on any atom is 0.326 e. The van der Waals surface area contributed by atoms with Crippen LogP contribution in [0.25, 0.3) is 0 Å². The van der Waals surface area contributed by atoms with Crippen LogP contribution >= 0.6 is 0 Å². The number of aliphatic imine (C=N–C) groups is 3. The van der Waals surface area contributed by atoms with Gasteiger partial charge in [-0.3, -0.25) is 62.9 Å². The maximum absolute atomic E-state index is 14.5. The number of carboxylic acid groups (broad SMARTS) is 1. The third-order valence-electron chi connectivity index (χ3n) is 16.1. The Balaban J connectivity index is 1.23. The van der Waals surface area contributed by atoms with Gasteiger partial charge in [0.1, 0.15) is 54.4 Å². The lowest BCUT2D eigenvalue weighted by molar-refractivity contribution is -0.148. The minimum Gasteiger partial charge on any atom is -0.480 e. The van der Waals surface area contributed by atoms with E-state index in [1.807, 2.05) is 0 Å². The SMILES string of the molecule is C[C@@H](O)[C@H](NC(=O)[C@@H](N)CCCN=C(N)N)C(=O)N[C@@H](CCCN=C(N)N)C(=O)N1CCC[C@H]1C(=O)N1CCC[C@H]1C(=O)NCC(=O)N[C@@H](Cc1ccccc1)C(=O)N[C@@H](CO)C(=O)N1CCC[C@H]1C(=O)N[C@@H](Cc1ccccc1)C(=O)N[C@@H](CCCN=C(N)N)C(=O)O. The monoisotopic (exact) mass is 1320 g/mol. The largest absolute Gasteiger partial charge is 0.480 e. The second kappa shape index (κ2) is 37.7. The molecule has 34 heteroatoms. The van der Waals surface area contributed by atoms with Crippen LogP contribution in [-0.2, 0) is 65.6 Å². The molecule has 34 nitrogen and oxygen atoms in total. The van der Waals surface area contributed by atoms with Crippen molar-refractivity contribution in [2.45, 2.75) is 163 Å². The molecule has 10 amide bonds. The number of benzene rings is 2. The molecular weight excluding hydrogens is 1220 g/mol. The lowest BCUT2D eigenvalue weighted by Crippen LogP contribution is -2.60. The van der Waals surface area contributed by atoms with Gasteiger partial charge in [0.2, 0.25) is 59.1 Å². The van der Waals surface area contributed by atoms with Gasteiger partial charge in [-0.2, -0.15) is 0 Å². The third kappa shape index (κ3) is 23.5. The molecule has 0 aromatic heterocycles. The molecule has 3 aliphatic heterocycles. The van der Waals surface area contributed by atoms with Gasteiger partial charge in [-0.15, -0.1) is 0 Å². The highest BCUT2D eigenvalue weighted by atomic mass is 16.4. The van der Waals surface area contributed by atoms with Crippen LogP contribution in [0.2, 0.25) is 0 Å². The summed E-state index contributed by atoms with van der Waals surface area (Å²) >= 11 is 0. The van der Waals surface area contributed by atoms with E-state index >= 15 is 0 Å². The van der Waals surface area contributed by atoms with Crippen molar-refractivity contribution in [3.05, 3.63) is 71.8 Å². The van der Waals surface area contributed by atoms with Gasteiger partial charge in [0.05, 0.1) is 25.3 Å². The van der Waals surface area contributed by atoms with E-state index in [-0.39, 0.29) is 121 Å². The molecule has 0 bridgehead atoms. The number of carbonyl (C=O) groups excluding carboxylic acids is 10. The molecule has 94 heavy (non-hydrogen) atoms. The molecule has 0 unspecified atom stereocenters. The van der Waals surface area contributed by atoms with Crippen LogP contribution in [0.15, 0.2) is 75.6 Å². The zero-order valence-electron chi connectivity index (χ0n) is 52.7. The van der Waals surface area contributed by atoms with E-state index < -0.39 is 145 Å². The van der Waals surface area contributed by atoms with E-state index in [2.05, 4.69) is 52.2 Å². The van der Waals surface area contributed by atoms with E-state index in [9.17, 15) is 68.1 Å². The van der Waals surface area contributed by atoms with Crippen molar-refractivity contribution < 1.29 is 68.1 Å². The van der Waals surface area contributed by atoms with E-state index in [0.29, 0.717) is 36.8 Å². The first kappa shape index (κ1) is 75.0. The van der Waals surface area contributed by atoms with Gasteiger partial charge >= 0.3 is 5.97 Å². The Kier molecular flexibility index (Phi) is 30.1. The number of hydrogen-bond donors (Lipinski definition) is 17. The van der Waals surface area contributed by atoms with Crippen LogP contribution < -0.4 is 77.4 Å². The van der Waals surface area contributed by atoms with Crippen LogP contribution in [-0.4, -0.2) is 232 Å². The van der Waals surface area contributed by atoms with Gasteiger partial charge in [0.25, 0.3) is 0 Å². The van der Waals surface area contributed by atoms with Crippen molar-refractivity contribution in [3.63, 3.8) is 0 Å². The Morgan fingerprint density at radius 3 is 1.46 bits per heavy atom. The highest BCUT2D eigenvalue weighted by Gasteiger charge is 2.45. The molecule has 24 N–H and O–H groups in total. The fourth-order valence-electron chi connectivity index (χ4n) is 11.2. The third-order valence-corrected chi connectivity index (χ3v) is 16.1. The maximum atomic E-state index is 14.5. The van der Waals surface area contributed by atoms with E-state index in [1.165, 1.54) is 16.7 Å². The molecule has 3 aliphatic rings. The average Bonchev–Trinajstić information content (AvgIpc) is 2.34. The number of nitrogens with zero attached hydrogens (tertiary/aromatic N) is 6. The molecule has 0 spiro atoms. The number of carboxylic acids is 1. The zero-order chi connectivity index (χ0) is 69.0. The summed E-state index contributed by atoms with van der Waals surface area (Å²) in [6.07, 6.45) is 0.683. The minimum absolute atomic E-state index is 0.0156. The topological polar surface area (TPSA) is 562 Å². The molecular formula is C60H92N20O14. The normalized spacial score (nSPS) is 18.4. The van der Waals surface area contributed by atoms with Crippen LogP contribution in [0, 0.1) is 0 Å². The Morgan fingerprint density at radius 1 is 0.521 bits per heavy atom. The predicted octanol–water partition coefficient (Wildman–Crippen LogP) is -6.58. The number of aliphatic hydroxyl groups excluding tert-OH is 2. The van der Waals surface area contributed by atoms with Crippen molar-refractivity contribution in [3.8, 4) is 0 Å². The second-order valence-corrected chi connectivity index (χ2v) is 23.2. The number of nitrogens with one attached hydrogen (secondary N) is 7. The molecule has 2 aromatic carbocycles. The smallest absolute Gasteiger partial charge is 0.326 e. The molecule has 0 aliphatic carbocycles. The van der Waals surface area contributed by atoms with Gasteiger partial charge in [-0.25, -0.2) is 4.79 Å². The molecule has 3 saturated heterocycles. The Morgan fingerprint density at radius 2 is 0.957 bits per heavy atom. The van der Waals surface area contributed by atoms with E-state index in [1.54, 1.807) is 60.7 Å². The highest BCUT2D eigenvalue weighted by molar-refractivity contribution is 5.99. The van der Waals surface area contributed by atoms with Crippen molar-refractivity contribution in [1.29, 1.82) is 0 Å². The van der Waals surface area contributed by atoms with Crippen LogP contribution in [0.3, 0.4) is 0 Å². The Bertz CT molecular complexity index is 3020. The lowest BCUT2D eigenvalue weighted by Gasteiger charge is -2.33. The molecule has 0 saturated carbocycles. The average molecular weight is 1320 g/mol. The number of rotatable bonds is 36. The van der Waals surface area contributed by atoms with Crippen molar-refractivity contribution in [2.24, 2.45) is 55.1 Å². The molecule has 2 aromatic rings. The predicted molar refractivity (Wildman–Crippen MR) is 343 cm³/mol. The van der Waals surface area contributed by atoms with Crippen molar-refractivity contribution in [2.75, 3.05) is 52.4 Å². The van der Waals surface area contributed by atoms with Gasteiger partial charge in [0.15, 0.2) is 17.9 Å². The van der Waals surface area contributed by atoms with E-state index in [0.717, 1.165) is 4.90 Å². The van der Waals surface area contributed by atoms with Gasteiger partial charge in [-0.1, -0.05) is 60.7 Å². The number of aliphatic carboxylic acids is 1. The molecule has 5 rings (SSSR count). The first-order valence-corrected chi connectivity index (χ1v) is 31.3. The molecule has 11 atom stereocenters. The first-order valence-electron chi connectivity index (χ1n) is 31.3. The highest BCUT2D eigenvalue weighted by Crippen LogP contribution is 2.27. The number of nitrogens with two attached hydrogens (primary N) is 7. The number of amides is 10. The van der Waals surface area contributed by atoms with Gasteiger partial charge < -0.3 is 107 Å². The number of aliphatic hydroxyl groups is 2. The minimum atomic E-state index is -1.64. The van der Waals surface area contributed by atoms with E-state index in [4.69, 9.17) is 40.1 Å². The first-order chi connectivity index (χ1) is 44.8. The van der Waals surface area contributed by atoms with Crippen LogP contribution in [0.5, 0.6) is 0 Å². The molecule has 3 fully saturated rings. The van der Waals surface area contributed by atoms with Gasteiger partial charge in [0, 0.05) is 52.1 Å². The number of carbonyl (C=O) groups is 11. The Labute approximate surface area is 543 Å². The second-order valence-electron chi connectivity index (χ2n) is 23.2. The quantitative estimate of drug-likeness (QED) is 0.0171. The fraction of sp³-hybridized carbons (Fsp3) is 0.567. The van der Waals surface area contributed by atoms with Gasteiger partial charge in [-0.05, 0) is 95.1 Å². The Hall–Kier alpha value is -9.70. The van der Waals surface area contributed by atoms with Crippen molar-refractivity contribution >= 4 is 82.9 Å². The van der Waals surface area contributed by atoms with Crippen molar-refractivity contribution in [1.82, 2.24) is 51.9 Å². The van der Waals surface area contributed by atoms with Crippen LogP contribution in [0.4, 0.5) is 0 Å². The summed E-state index contributed by atoms with van der Waals surface area (Å²) in [5.41, 5.74) is 39.8. The summed E-state index contributed by atoms with van der Waals surface area (Å²) in [5.74, 6) is -9.70. The zero-order valence-corrected chi connectivity index (χ0v) is 52.7.